The van der Waals surface area contributed by atoms with E-state index in [0.717, 1.165) is 12.8 Å². The molecule has 0 aromatic heterocycles. The molecule has 29 heavy (non-hydrogen) atoms. The summed E-state index contributed by atoms with van der Waals surface area (Å²) in [4.78, 5) is 48.3. The zero-order chi connectivity index (χ0) is 21.0. The van der Waals surface area contributed by atoms with Gasteiger partial charge in [0.2, 0.25) is 5.91 Å². The number of ether oxygens (including phenoxy) is 1. The Morgan fingerprint density at radius 3 is 2.41 bits per heavy atom. The molecule has 0 radical (unpaired) electrons. The maximum absolute atomic E-state index is 12.4. The van der Waals surface area contributed by atoms with Crippen molar-refractivity contribution in [2.45, 2.75) is 32.8 Å². The molecule has 2 N–H and O–H groups in total. The molecule has 0 bridgehead atoms. The van der Waals surface area contributed by atoms with Crippen LogP contribution in [0.15, 0.2) is 48.5 Å². The summed E-state index contributed by atoms with van der Waals surface area (Å²) in [6, 6.07) is 13.0. The maximum Gasteiger partial charge on any atom is 0.338 e. The average molecular weight is 394 g/mol. The Hall–Kier alpha value is -3.48. The van der Waals surface area contributed by atoms with E-state index in [2.05, 4.69) is 10.6 Å². The predicted molar refractivity (Wildman–Crippen MR) is 108 cm³/mol. The number of hydrogen-bond donors (Lipinski definition) is 2. The Balaban J connectivity index is 1.62. The summed E-state index contributed by atoms with van der Waals surface area (Å²) < 4.78 is 5.24. The molecule has 0 aliphatic heterocycles. The molecule has 0 saturated heterocycles. The zero-order valence-electron chi connectivity index (χ0n) is 16.2. The molecule has 0 spiro atoms. The van der Waals surface area contributed by atoms with Crippen LogP contribution in [0.2, 0.25) is 0 Å². The van der Waals surface area contributed by atoms with Gasteiger partial charge in [-0.1, -0.05) is 18.2 Å². The van der Waals surface area contributed by atoms with Gasteiger partial charge in [-0.25, -0.2) is 4.79 Å². The zero-order valence-corrected chi connectivity index (χ0v) is 16.2. The van der Waals surface area contributed by atoms with Crippen LogP contribution in [-0.4, -0.2) is 29.7 Å². The summed E-state index contributed by atoms with van der Waals surface area (Å²) in [5.41, 5.74) is 1.46. The van der Waals surface area contributed by atoms with Gasteiger partial charge in [0.1, 0.15) is 0 Å². The molecule has 2 amide bonds. The van der Waals surface area contributed by atoms with Crippen molar-refractivity contribution in [3.05, 3.63) is 59.7 Å². The lowest BCUT2D eigenvalue weighted by Gasteiger charge is -2.15. The van der Waals surface area contributed by atoms with E-state index in [-0.39, 0.29) is 23.2 Å². The van der Waals surface area contributed by atoms with E-state index in [9.17, 15) is 19.2 Å². The van der Waals surface area contributed by atoms with Gasteiger partial charge in [-0.05, 0) is 57.0 Å². The highest BCUT2D eigenvalue weighted by molar-refractivity contribution is 6.05. The second-order valence-electron chi connectivity index (χ2n) is 6.98. The average Bonchev–Trinajstić information content (AvgIpc) is 3.53. The molecule has 0 heterocycles. The number of anilines is 2. The Morgan fingerprint density at radius 2 is 1.72 bits per heavy atom. The monoisotopic (exact) mass is 394 g/mol. The first kappa shape index (κ1) is 20.3. The number of ketones is 1. The van der Waals surface area contributed by atoms with Crippen LogP contribution in [0.4, 0.5) is 11.4 Å². The Labute approximate surface area is 168 Å². The number of Topliss-reactive ketones (excluding diaryl/α,β-unsaturated/α-hetero) is 1. The molecular formula is C22H22N2O5. The quantitative estimate of drug-likeness (QED) is 0.553. The number of rotatable bonds is 7. The third kappa shape index (κ3) is 5.28. The first-order valence-corrected chi connectivity index (χ1v) is 9.38. The summed E-state index contributed by atoms with van der Waals surface area (Å²) in [6.45, 7) is 2.85. The molecule has 1 saturated carbocycles. The second-order valence-corrected chi connectivity index (χ2v) is 6.98. The largest absolute Gasteiger partial charge is 0.449 e. The van der Waals surface area contributed by atoms with E-state index >= 15 is 0 Å². The lowest BCUT2D eigenvalue weighted by Crippen LogP contribution is -2.30. The fourth-order valence-corrected chi connectivity index (χ4v) is 2.73. The van der Waals surface area contributed by atoms with Crippen molar-refractivity contribution >= 4 is 34.9 Å². The summed E-state index contributed by atoms with van der Waals surface area (Å²) in [6.07, 6.45) is 0.687. The fraction of sp³-hybridized carbons (Fsp3) is 0.273. The smallest absolute Gasteiger partial charge is 0.338 e. The molecule has 1 fully saturated rings. The molecule has 7 heteroatoms. The van der Waals surface area contributed by atoms with Crippen molar-refractivity contribution < 1.29 is 23.9 Å². The summed E-state index contributed by atoms with van der Waals surface area (Å²) in [7, 11) is 0. The highest BCUT2D eigenvalue weighted by atomic mass is 16.5. The highest BCUT2D eigenvalue weighted by Gasteiger charge is 2.29. The molecule has 2 aromatic rings. The number of amides is 2. The summed E-state index contributed by atoms with van der Waals surface area (Å²) >= 11 is 0. The molecular weight excluding hydrogens is 372 g/mol. The van der Waals surface area contributed by atoms with Gasteiger partial charge in [-0.15, -0.1) is 0 Å². The molecule has 2 aromatic carbocycles. The van der Waals surface area contributed by atoms with Crippen molar-refractivity contribution in [1.82, 2.24) is 0 Å². The van der Waals surface area contributed by atoms with E-state index in [1.165, 1.54) is 19.9 Å². The number of nitrogens with one attached hydrogen (secondary N) is 2. The Kier molecular flexibility index (Phi) is 6.07. The van der Waals surface area contributed by atoms with Crippen LogP contribution in [0.25, 0.3) is 0 Å². The third-order valence-electron chi connectivity index (χ3n) is 4.53. The van der Waals surface area contributed by atoms with Gasteiger partial charge in [0.05, 0.1) is 11.3 Å². The Morgan fingerprint density at radius 1 is 1.00 bits per heavy atom. The van der Waals surface area contributed by atoms with E-state index in [0.29, 0.717) is 16.9 Å². The minimum Gasteiger partial charge on any atom is -0.449 e. The van der Waals surface area contributed by atoms with Crippen LogP contribution in [-0.2, 0) is 14.3 Å². The number of benzene rings is 2. The number of hydrogen-bond acceptors (Lipinski definition) is 5. The molecule has 1 unspecified atom stereocenters. The van der Waals surface area contributed by atoms with Gasteiger partial charge >= 0.3 is 5.97 Å². The fourth-order valence-electron chi connectivity index (χ4n) is 2.73. The van der Waals surface area contributed by atoms with Crippen molar-refractivity contribution in [3.63, 3.8) is 0 Å². The predicted octanol–water partition coefficient (Wildman–Crippen LogP) is 3.42. The molecule has 1 atom stereocenters. The lowest BCUT2D eigenvalue weighted by atomic mass is 10.1. The normalized spacial score (nSPS) is 13.9. The second kappa shape index (κ2) is 8.68. The highest BCUT2D eigenvalue weighted by Crippen LogP contribution is 2.30. The minimum atomic E-state index is -1.08. The van der Waals surface area contributed by atoms with E-state index in [1.54, 1.807) is 42.5 Å². The van der Waals surface area contributed by atoms with Crippen molar-refractivity contribution in [2.24, 2.45) is 5.92 Å². The molecule has 1 aliphatic carbocycles. The number of carbonyl (C=O) groups is 4. The molecule has 1 aliphatic rings. The van der Waals surface area contributed by atoms with Crippen LogP contribution >= 0.6 is 0 Å². The number of carbonyl (C=O) groups excluding carboxylic acids is 4. The van der Waals surface area contributed by atoms with Gasteiger partial charge in [-0.2, -0.15) is 0 Å². The van der Waals surface area contributed by atoms with Gasteiger partial charge < -0.3 is 15.4 Å². The van der Waals surface area contributed by atoms with Crippen molar-refractivity contribution in [1.29, 1.82) is 0 Å². The first-order valence-electron chi connectivity index (χ1n) is 9.38. The van der Waals surface area contributed by atoms with Gasteiger partial charge in [0.15, 0.2) is 11.9 Å². The molecule has 150 valence electrons. The topological polar surface area (TPSA) is 102 Å². The van der Waals surface area contributed by atoms with Crippen LogP contribution < -0.4 is 10.6 Å². The summed E-state index contributed by atoms with van der Waals surface area (Å²) in [5.74, 6) is -1.43. The maximum atomic E-state index is 12.4. The lowest BCUT2D eigenvalue weighted by molar-refractivity contribution is -0.123. The van der Waals surface area contributed by atoms with E-state index < -0.39 is 18.0 Å². The van der Waals surface area contributed by atoms with Gasteiger partial charge in [0.25, 0.3) is 5.91 Å². The van der Waals surface area contributed by atoms with Crippen LogP contribution in [0.5, 0.6) is 0 Å². The van der Waals surface area contributed by atoms with E-state index in [1.807, 2.05) is 0 Å². The minimum absolute atomic E-state index is 0.0483. The summed E-state index contributed by atoms with van der Waals surface area (Å²) in [5, 5.41) is 5.38. The number of para-hydroxylation sites is 1. The standard InChI is InChI=1S/C22H22N2O5/c1-13(25)18-8-3-4-9-19(18)24-20(26)14(2)29-22(28)16-6-5-7-17(12-16)23-21(27)15-10-11-15/h3-9,12,14-15H,10-11H2,1-2H3,(H,23,27)(H,24,26). The number of esters is 1. The SMILES string of the molecule is CC(=O)c1ccccc1NC(=O)C(C)OC(=O)c1cccc(NC(=O)C2CC2)c1. The molecule has 7 nitrogen and oxygen atoms in total. The van der Waals surface area contributed by atoms with Crippen molar-refractivity contribution in [2.75, 3.05) is 10.6 Å². The van der Waals surface area contributed by atoms with Crippen LogP contribution in [0, 0.1) is 5.92 Å². The van der Waals surface area contributed by atoms with Crippen LogP contribution in [0.1, 0.15) is 47.4 Å². The molecule has 3 rings (SSSR count). The third-order valence-corrected chi connectivity index (χ3v) is 4.53. The van der Waals surface area contributed by atoms with Gasteiger partial charge in [-0.3, -0.25) is 14.4 Å². The van der Waals surface area contributed by atoms with E-state index in [4.69, 9.17) is 4.74 Å². The van der Waals surface area contributed by atoms with Crippen LogP contribution in [0.3, 0.4) is 0 Å². The van der Waals surface area contributed by atoms with Crippen molar-refractivity contribution in [3.8, 4) is 0 Å². The van der Waals surface area contributed by atoms with Gasteiger partial charge in [0, 0.05) is 17.2 Å². The first-order chi connectivity index (χ1) is 13.8. The Bertz CT molecular complexity index is 965.